The molecule has 0 aliphatic carbocycles. The first-order valence-electron chi connectivity index (χ1n) is 9.68. The van der Waals surface area contributed by atoms with E-state index in [0.29, 0.717) is 5.92 Å². The molecular weight excluding hydrogens is 312 g/mol. The second-order valence-electron chi connectivity index (χ2n) is 6.53. The average molecular weight is 347 g/mol. The molecule has 0 bridgehead atoms. The van der Waals surface area contributed by atoms with Crippen LogP contribution < -0.4 is 10.6 Å². The van der Waals surface area contributed by atoms with Crippen molar-refractivity contribution in [3.05, 3.63) is 35.9 Å². The predicted octanol–water partition coefficient (Wildman–Crippen LogP) is 2.14. The van der Waals surface area contributed by atoms with Gasteiger partial charge in [0.15, 0.2) is 5.96 Å². The Labute approximate surface area is 152 Å². The number of aliphatic imine (C=N–C) groups is 1. The van der Waals surface area contributed by atoms with Gasteiger partial charge >= 0.3 is 0 Å². The van der Waals surface area contributed by atoms with E-state index in [9.17, 15) is 0 Å². The highest BCUT2D eigenvalue weighted by molar-refractivity contribution is 5.79. The van der Waals surface area contributed by atoms with E-state index in [1.54, 1.807) is 0 Å². The first-order valence-corrected chi connectivity index (χ1v) is 9.68. The molecule has 2 rings (SSSR count). The molecule has 0 saturated carbocycles. The van der Waals surface area contributed by atoms with E-state index in [0.717, 1.165) is 58.3 Å². The van der Waals surface area contributed by atoms with Crippen molar-refractivity contribution in [1.82, 2.24) is 15.5 Å². The molecule has 0 aromatic heterocycles. The van der Waals surface area contributed by atoms with Crippen LogP contribution in [0.5, 0.6) is 0 Å². The standard InChI is InChI=1S/C20H34N4O/c1-3-21-20(22-12-15-25-4-2)23-16-19-11-14-24(17-19)13-10-18-8-6-5-7-9-18/h5-9,19H,3-4,10-17H2,1-2H3,(H2,21,22,23). The second-order valence-corrected chi connectivity index (χ2v) is 6.53. The summed E-state index contributed by atoms with van der Waals surface area (Å²) in [6.45, 7) is 11.7. The summed E-state index contributed by atoms with van der Waals surface area (Å²) in [4.78, 5) is 7.33. The molecule has 0 amide bonds. The van der Waals surface area contributed by atoms with Gasteiger partial charge in [0.2, 0.25) is 0 Å². The van der Waals surface area contributed by atoms with Crippen LogP contribution in [-0.2, 0) is 11.2 Å². The molecule has 5 heteroatoms. The van der Waals surface area contributed by atoms with Crippen molar-refractivity contribution in [2.24, 2.45) is 10.9 Å². The number of ether oxygens (including phenoxy) is 1. The van der Waals surface area contributed by atoms with E-state index in [2.05, 4.69) is 52.8 Å². The van der Waals surface area contributed by atoms with Gasteiger partial charge < -0.3 is 20.3 Å². The Morgan fingerprint density at radius 1 is 1.24 bits per heavy atom. The van der Waals surface area contributed by atoms with Crippen LogP contribution in [0, 0.1) is 5.92 Å². The minimum absolute atomic E-state index is 0.665. The molecule has 1 heterocycles. The van der Waals surface area contributed by atoms with Crippen LogP contribution in [0.3, 0.4) is 0 Å². The van der Waals surface area contributed by atoms with Crippen LogP contribution in [-0.4, -0.2) is 63.3 Å². The van der Waals surface area contributed by atoms with Gasteiger partial charge in [-0.1, -0.05) is 30.3 Å². The summed E-state index contributed by atoms with van der Waals surface area (Å²) in [5.41, 5.74) is 1.43. The largest absolute Gasteiger partial charge is 0.380 e. The molecule has 1 aliphatic rings. The zero-order chi connectivity index (χ0) is 17.7. The van der Waals surface area contributed by atoms with Crippen molar-refractivity contribution in [1.29, 1.82) is 0 Å². The van der Waals surface area contributed by atoms with Gasteiger partial charge in [0.25, 0.3) is 0 Å². The third kappa shape index (κ3) is 7.88. The Kier molecular flexibility index (Phi) is 9.37. The van der Waals surface area contributed by atoms with Crippen molar-refractivity contribution in [2.75, 3.05) is 52.5 Å². The minimum Gasteiger partial charge on any atom is -0.380 e. The van der Waals surface area contributed by atoms with Crippen LogP contribution in [0.4, 0.5) is 0 Å². The number of guanidine groups is 1. The van der Waals surface area contributed by atoms with E-state index in [1.165, 1.54) is 18.5 Å². The number of rotatable bonds is 10. The number of hydrogen-bond acceptors (Lipinski definition) is 3. The Balaban J connectivity index is 1.68. The summed E-state index contributed by atoms with van der Waals surface area (Å²) >= 11 is 0. The number of benzene rings is 1. The number of nitrogens with zero attached hydrogens (tertiary/aromatic N) is 2. The highest BCUT2D eigenvalue weighted by atomic mass is 16.5. The topological polar surface area (TPSA) is 48.9 Å². The fourth-order valence-corrected chi connectivity index (χ4v) is 3.14. The normalized spacial score (nSPS) is 18.5. The van der Waals surface area contributed by atoms with E-state index < -0.39 is 0 Å². The molecule has 1 fully saturated rings. The molecule has 1 unspecified atom stereocenters. The quantitative estimate of drug-likeness (QED) is 0.387. The summed E-state index contributed by atoms with van der Waals surface area (Å²) in [5.74, 6) is 1.57. The summed E-state index contributed by atoms with van der Waals surface area (Å²) in [5, 5.41) is 6.65. The van der Waals surface area contributed by atoms with Gasteiger partial charge in [-0.15, -0.1) is 0 Å². The molecule has 1 aromatic carbocycles. The van der Waals surface area contributed by atoms with Gasteiger partial charge in [-0.25, -0.2) is 0 Å². The maximum Gasteiger partial charge on any atom is 0.191 e. The van der Waals surface area contributed by atoms with Gasteiger partial charge in [-0.2, -0.15) is 0 Å². The van der Waals surface area contributed by atoms with Gasteiger partial charge in [-0.05, 0) is 44.7 Å². The monoisotopic (exact) mass is 346 g/mol. The van der Waals surface area contributed by atoms with Crippen LogP contribution in [0.15, 0.2) is 35.3 Å². The van der Waals surface area contributed by atoms with Gasteiger partial charge in [-0.3, -0.25) is 4.99 Å². The zero-order valence-corrected chi connectivity index (χ0v) is 15.8. The van der Waals surface area contributed by atoms with Crippen molar-refractivity contribution < 1.29 is 4.74 Å². The molecule has 1 aliphatic heterocycles. The molecule has 0 spiro atoms. The Hall–Kier alpha value is -1.59. The third-order valence-electron chi connectivity index (χ3n) is 4.52. The lowest BCUT2D eigenvalue weighted by Gasteiger charge is -2.16. The molecule has 25 heavy (non-hydrogen) atoms. The first-order chi connectivity index (χ1) is 12.3. The van der Waals surface area contributed by atoms with Crippen molar-refractivity contribution in [2.45, 2.75) is 26.7 Å². The van der Waals surface area contributed by atoms with Crippen LogP contribution >= 0.6 is 0 Å². The van der Waals surface area contributed by atoms with Gasteiger partial charge in [0.1, 0.15) is 0 Å². The van der Waals surface area contributed by atoms with E-state index in [4.69, 9.17) is 9.73 Å². The Bertz CT molecular complexity index is 492. The highest BCUT2D eigenvalue weighted by Crippen LogP contribution is 2.17. The van der Waals surface area contributed by atoms with Crippen LogP contribution in [0.25, 0.3) is 0 Å². The highest BCUT2D eigenvalue weighted by Gasteiger charge is 2.21. The Morgan fingerprint density at radius 3 is 2.84 bits per heavy atom. The lowest BCUT2D eigenvalue weighted by atomic mass is 10.1. The summed E-state index contributed by atoms with van der Waals surface area (Å²) in [6, 6.07) is 10.8. The second kappa shape index (κ2) is 11.9. The average Bonchev–Trinajstić information content (AvgIpc) is 3.10. The molecule has 1 aromatic rings. The molecule has 1 atom stereocenters. The molecule has 0 radical (unpaired) electrons. The van der Waals surface area contributed by atoms with Gasteiger partial charge in [0.05, 0.1) is 6.61 Å². The van der Waals surface area contributed by atoms with E-state index in [1.807, 2.05) is 6.92 Å². The number of hydrogen-bond donors (Lipinski definition) is 2. The fraction of sp³-hybridized carbons (Fsp3) is 0.650. The third-order valence-corrected chi connectivity index (χ3v) is 4.52. The van der Waals surface area contributed by atoms with Crippen molar-refractivity contribution in [3.63, 3.8) is 0 Å². The summed E-state index contributed by atoms with van der Waals surface area (Å²) < 4.78 is 5.37. The number of nitrogens with one attached hydrogen (secondary N) is 2. The maximum absolute atomic E-state index is 5.37. The van der Waals surface area contributed by atoms with Crippen LogP contribution in [0.1, 0.15) is 25.8 Å². The SMILES string of the molecule is CCNC(=NCC1CCN(CCc2ccccc2)C1)NCCOCC. The van der Waals surface area contributed by atoms with Crippen LogP contribution in [0.2, 0.25) is 0 Å². The Morgan fingerprint density at radius 2 is 2.08 bits per heavy atom. The maximum atomic E-state index is 5.37. The lowest BCUT2D eigenvalue weighted by Crippen LogP contribution is -2.39. The minimum atomic E-state index is 0.665. The lowest BCUT2D eigenvalue weighted by molar-refractivity contribution is 0.152. The fourth-order valence-electron chi connectivity index (χ4n) is 3.14. The number of likely N-dealkylation sites (tertiary alicyclic amines) is 1. The molecule has 5 nitrogen and oxygen atoms in total. The zero-order valence-electron chi connectivity index (χ0n) is 15.8. The van der Waals surface area contributed by atoms with Gasteiger partial charge in [0, 0.05) is 39.3 Å². The molecular formula is C20H34N4O. The van der Waals surface area contributed by atoms with E-state index >= 15 is 0 Å². The molecule has 2 N–H and O–H groups in total. The molecule has 140 valence electrons. The van der Waals surface area contributed by atoms with Crippen molar-refractivity contribution in [3.8, 4) is 0 Å². The van der Waals surface area contributed by atoms with E-state index in [-0.39, 0.29) is 0 Å². The smallest absolute Gasteiger partial charge is 0.191 e. The first kappa shape index (κ1) is 19.7. The predicted molar refractivity (Wildman–Crippen MR) is 105 cm³/mol. The molecule has 1 saturated heterocycles. The summed E-state index contributed by atoms with van der Waals surface area (Å²) in [6.07, 6.45) is 2.38. The van der Waals surface area contributed by atoms with Crippen molar-refractivity contribution >= 4 is 5.96 Å². The summed E-state index contributed by atoms with van der Waals surface area (Å²) in [7, 11) is 0.